The molecule has 0 fully saturated rings. The third-order valence-corrected chi connectivity index (χ3v) is 2.47. The van der Waals surface area contributed by atoms with Crippen LogP contribution in [0.1, 0.15) is 18.6 Å². The highest BCUT2D eigenvalue weighted by Crippen LogP contribution is 2.25. The van der Waals surface area contributed by atoms with Crippen molar-refractivity contribution in [3.05, 3.63) is 34.1 Å². The van der Waals surface area contributed by atoms with E-state index in [-0.39, 0.29) is 0 Å². The summed E-state index contributed by atoms with van der Waals surface area (Å²) in [6.45, 7) is 1.65. The molecule has 2 heterocycles. The standard InChI is InChI=1S/C10H8Cl2N2O/c1-5(15)6-4-9(12)13-7-2-3-8(11)14-10(6)7/h2-5,15H,1H3. The first-order chi connectivity index (χ1) is 7.08. The van der Waals surface area contributed by atoms with Crippen molar-refractivity contribution in [2.24, 2.45) is 0 Å². The van der Waals surface area contributed by atoms with Gasteiger partial charge in [0, 0.05) is 5.56 Å². The molecule has 0 aliphatic heterocycles. The fourth-order valence-electron chi connectivity index (χ4n) is 1.39. The van der Waals surface area contributed by atoms with E-state index >= 15 is 0 Å². The van der Waals surface area contributed by atoms with Crippen molar-refractivity contribution in [3.63, 3.8) is 0 Å². The van der Waals surface area contributed by atoms with Gasteiger partial charge < -0.3 is 5.11 Å². The topological polar surface area (TPSA) is 46.0 Å². The minimum Gasteiger partial charge on any atom is -0.389 e. The molecule has 0 aliphatic carbocycles. The van der Waals surface area contributed by atoms with Gasteiger partial charge in [0.05, 0.1) is 17.1 Å². The van der Waals surface area contributed by atoms with Crippen molar-refractivity contribution >= 4 is 34.2 Å². The van der Waals surface area contributed by atoms with Gasteiger partial charge in [-0.1, -0.05) is 23.2 Å². The van der Waals surface area contributed by atoms with Crippen LogP contribution in [0.15, 0.2) is 18.2 Å². The van der Waals surface area contributed by atoms with Crippen LogP contribution in [-0.4, -0.2) is 15.1 Å². The van der Waals surface area contributed by atoms with Gasteiger partial charge in [-0.15, -0.1) is 0 Å². The number of aliphatic hydroxyl groups is 1. The molecule has 0 bridgehead atoms. The lowest BCUT2D eigenvalue weighted by molar-refractivity contribution is 0.200. The molecule has 0 aromatic carbocycles. The Balaban J connectivity index is 2.81. The van der Waals surface area contributed by atoms with Crippen LogP contribution < -0.4 is 0 Å². The summed E-state index contributed by atoms with van der Waals surface area (Å²) >= 11 is 11.6. The highest BCUT2D eigenvalue weighted by molar-refractivity contribution is 6.30. The predicted molar refractivity (Wildman–Crippen MR) is 60.2 cm³/mol. The van der Waals surface area contributed by atoms with Crippen molar-refractivity contribution < 1.29 is 5.11 Å². The van der Waals surface area contributed by atoms with E-state index in [9.17, 15) is 5.11 Å². The van der Waals surface area contributed by atoms with Gasteiger partial charge in [0.2, 0.25) is 0 Å². The van der Waals surface area contributed by atoms with E-state index in [1.807, 2.05) is 0 Å². The third-order valence-electron chi connectivity index (χ3n) is 2.07. The van der Waals surface area contributed by atoms with Gasteiger partial charge in [0.15, 0.2) is 0 Å². The van der Waals surface area contributed by atoms with Crippen LogP contribution in [0.2, 0.25) is 10.3 Å². The molecule has 0 saturated heterocycles. The summed E-state index contributed by atoms with van der Waals surface area (Å²) in [7, 11) is 0. The van der Waals surface area contributed by atoms with Crippen molar-refractivity contribution in [2.75, 3.05) is 0 Å². The average molecular weight is 243 g/mol. The summed E-state index contributed by atoms with van der Waals surface area (Å²) in [6.07, 6.45) is -0.654. The molecule has 0 radical (unpaired) electrons. The fourth-order valence-corrected chi connectivity index (χ4v) is 1.75. The molecule has 0 saturated carbocycles. The number of hydrogen-bond donors (Lipinski definition) is 1. The highest BCUT2D eigenvalue weighted by atomic mass is 35.5. The van der Waals surface area contributed by atoms with Crippen molar-refractivity contribution in [3.8, 4) is 0 Å². The van der Waals surface area contributed by atoms with Crippen molar-refractivity contribution in [1.29, 1.82) is 0 Å². The first kappa shape index (κ1) is 10.6. The van der Waals surface area contributed by atoms with Crippen LogP contribution in [0.5, 0.6) is 0 Å². The normalized spacial score (nSPS) is 13.1. The maximum Gasteiger partial charge on any atom is 0.130 e. The Morgan fingerprint density at radius 2 is 1.93 bits per heavy atom. The molecule has 1 unspecified atom stereocenters. The van der Waals surface area contributed by atoms with Gasteiger partial charge in [0.1, 0.15) is 10.3 Å². The van der Waals surface area contributed by atoms with Crippen LogP contribution in [0.3, 0.4) is 0 Å². The summed E-state index contributed by atoms with van der Waals surface area (Å²) < 4.78 is 0. The van der Waals surface area contributed by atoms with E-state index in [1.54, 1.807) is 25.1 Å². The largest absolute Gasteiger partial charge is 0.389 e. The summed E-state index contributed by atoms with van der Waals surface area (Å²) in [4.78, 5) is 8.22. The van der Waals surface area contributed by atoms with Gasteiger partial charge in [-0.25, -0.2) is 9.97 Å². The van der Waals surface area contributed by atoms with E-state index < -0.39 is 6.10 Å². The minimum absolute atomic E-state index is 0.336. The lowest BCUT2D eigenvalue weighted by Crippen LogP contribution is -1.97. The van der Waals surface area contributed by atoms with Gasteiger partial charge in [-0.3, -0.25) is 0 Å². The number of hydrogen-bond acceptors (Lipinski definition) is 3. The molecule has 0 aliphatic rings. The van der Waals surface area contributed by atoms with E-state index in [2.05, 4.69) is 9.97 Å². The molecule has 0 spiro atoms. The Kier molecular flexibility index (Phi) is 2.78. The quantitative estimate of drug-likeness (QED) is 0.783. The first-order valence-corrected chi connectivity index (χ1v) is 5.14. The van der Waals surface area contributed by atoms with E-state index in [0.29, 0.717) is 26.9 Å². The number of rotatable bonds is 1. The Hall–Kier alpha value is -0.900. The van der Waals surface area contributed by atoms with Crippen molar-refractivity contribution in [1.82, 2.24) is 9.97 Å². The summed E-state index contributed by atoms with van der Waals surface area (Å²) in [5.41, 5.74) is 1.84. The second-order valence-corrected chi connectivity index (χ2v) is 3.99. The molecule has 2 rings (SSSR count). The molecular weight excluding hydrogens is 235 g/mol. The zero-order valence-electron chi connectivity index (χ0n) is 7.91. The second kappa shape index (κ2) is 3.93. The molecule has 0 amide bonds. The van der Waals surface area contributed by atoms with Gasteiger partial charge >= 0.3 is 0 Å². The average Bonchev–Trinajstić information content (AvgIpc) is 2.17. The molecule has 2 aromatic rings. The number of pyridine rings is 2. The number of aromatic nitrogens is 2. The number of nitrogens with zero attached hydrogens (tertiary/aromatic N) is 2. The van der Waals surface area contributed by atoms with E-state index in [4.69, 9.17) is 23.2 Å². The predicted octanol–water partition coefficient (Wildman–Crippen LogP) is 2.99. The van der Waals surface area contributed by atoms with Gasteiger partial charge in [-0.05, 0) is 25.1 Å². The Bertz CT molecular complexity index is 514. The smallest absolute Gasteiger partial charge is 0.130 e. The Morgan fingerprint density at radius 1 is 1.20 bits per heavy atom. The first-order valence-electron chi connectivity index (χ1n) is 4.38. The Labute approximate surface area is 96.7 Å². The Morgan fingerprint density at radius 3 is 2.60 bits per heavy atom. The molecule has 1 N–H and O–H groups in total. The molecule has 78 valence electrons. The monoisotopic (exact) mass is 242 g/mol. The number of aliphatic hydroxyl groups excluding tert-OH is 1. The molecule has 1 atom stereocenters. The van der Waals surface area contributed by atoms with E-state index in [0.717, 1.165) is 0 Å². The van der Waals surface area contributed by atoms with E-state index in [1.165, 1.54) is 0 Å². The van der Waals surface area contributed by atoms with Crippen LogP contribution >= 0.6 is 23.2 Å². The maximum atomic E-state index is 9.57. The molecule has 3 nitrogen and oxygen atoms in total. The lowest BCUT2D eigenvalue weighted by Gasteiger charge is -2.08. The summed E-state index contributed by atoms with van der Waals surface area (Å²) in [5.74, 6) is 0. The third kappa shape index (κ3) is 2.04. The highest BCUT2D eigenvalue weighted by Gasteiger charge is 2.10. The molecule has 5 heteroatoms. The van der Waals surface area contributed by atoms with Crippen LogP contribution in [0.4, 0.5) is 0 Å². The number of fused-ring (bicyclic) bond motifs is 1. The van der Waals surface area contributed by atoms with Crippen molar-refractivity contribution in [2.45, 2.75) is 13.0 Å². The molecular formula is C10H8Cl2N2O. The van der Waals surface area contributed by atoms with Crippen LogP contribution in [-0.2, 0) is 0 Å². The van der Waals surface area contributed by atoms with Gasteiger partial charge in [-0.2, -0.15) is 0 Å². The SMILES string of the molecule is CC(O)c1cc(Cl)nc2ccc(Cl)nc12. The summed E-state index contributed by atoms with van der Waals surface area (Å²) in [5, 5.41) is 10.3. The number of halogens is 2. The molecule has 15 heavy (non-hydrogen) atoms. The zero-order chi connectivity index (χ0) is 11.0. The van der Waals surface area contributed by atoms with Gasteiger partial charge in [0.25, 0.3) is 0 Å². The fraction of sp³-hybridized carbons (Fsp3) is 0.200. The summed E-state index contributed by atoms with van der Waals surface area (Å²) in [6, 6.07) is 4.96. The maximum absolute atomic E-state index is 9.57. The second-order valence-electron chi connectivity index (χ2n) is 3.21. The zero-order valence-corrected chi connectivity index (χ0v) is 9.42. The lowest BCUT2D eigenvalue weighted by atomic mass is 10.1. The minimum atomic E-state index is -0.654. The van der Waals surface area contributed by atoms with Crippen LogP contribution in [0.25, 0.3) is 11.0 Å². The van der Waals surface area contributed by atoms with Crippen LogP contribution in [0, 0.1) is 0 Å². The molecule has 2 aromatic heterocycles.